The number of aliphatic hydroxyl groups is 2. The molecule has 0 saturated heterocycles. The fourth-order valence-electron chi connectivity index (χ4n) is 4.64. The first kappa shape index (κ1) is 55.1. The molecule has 330 valence electrons. The van der Waals surface area contributed by atoms with Gasteiger partial charge in [-0.1, -0.05) is 148 Å². The van der Waals surface area contributed by atoms with Crippen molar-refractivity contribution in [1.82, 2.24) is 0 Å². The fraction of sp³-hybridized carbons (Fsp3) is 0.500. The van der Waals surface area contributed by atoms with Crippen LogP contribution in [0.3, 0.4) is 0 Å². The van der Waals surface area contributed by atoms with Gasteiger partial charge in [-0.3, -0.25) is 18.6 Å². The van der Waals surface area contributed by atoms with Gasteiger partial charge in [-0.15, -0.1) is 0 Å². The molecule has 0 aromatic carbocycles. The summed E-state index contributed by atoms with van der Waals surface area (Å²) in [6.45, 7) is 1.96. The van der Waals surface area contributed by atoms with Gasteiger partial charge in [0.05, 0.1) is 19.8 Å². The van der Waals surface area contributed by atoms with Crippen LogP contribution in [-0.2, 0) is 32.7 Å². The van der Waals surface area contributed by atoms with E-state index in [4.69, 9.17) is 19.1 Å². The normalized spacial score (nSPS) is 15.1. The average molecular weight is 841 g/mol. The zero-order valence-corrected chi connectivity index (χ0v) is 36.5. The molecule has 0 amide bonds. The summed E-state index contributed by atoms with van der Waals surface area (Å²) in [6.07, 6.45) is 55.8. The molecule has 3 atom stereocenters. The van der Waals surface area contributed by atoms with Gasteiger partial charge >= 0.3 is 19.8 Å². The second-order valence-electron chi connectivity index (χ2n) is 13.2. The standard InChI is InChI=1S/C48H73O10P/c1-3-5-7-9-11-13-15-17-19-21-22-24-26-28-30-32-34-36-38-40-48(52)58-46(44-57-59(53,54)56-42-45(50)41-49)43-55-47(51)39-37-35-33-31-29-27-25-23-20-18-16-14-12-10-8-6-4-2/h5-8,11-14,17-20,22,24-25,27-28,30-31,33-34,36,45-46,49-50H,3-4,9-10,15-16,21,23,26,29,32,35,37-44H2,1-2H3,(H,53,54)/b7-5+,8-6+,13-11+,14-12+,19-17+,20-18+,24-22+,27-25+,30-28+,33-31+,36-34+/t45-,46+/m0/s1. The number of allylic oxidation sites excluding steroid dienone is 22. The first-order valence-electron chi connectivity index (χ1n) is 21.1. The quantitative estimate of drug-likeness (QED) is 0.0239. The molecule has 0 aliphatic heterocycles. The van der Waals surface area contributed by atoms with E-state index in [-0.39, 0.29) is 19.4 Å². The maximum atomic E-state index is 12.6. The number of phosphoric acid groups is 1. The molecule has 0 radical (unpaired) electrons. The summed E-state index contributed by atoms with van der Waals surface area (Å²) >= 11 is 0. The van der Waals surface area contributed by atoms with Crippen LogP contribution >= 0.6 is 7.82 Å². The molecule has 0 aromatic heterocycles. The molecule has 0 aliphatic carbocycles. The lowest BCUT2D eigenvalue weighted by Crippen LogP contribution is -2.29. The van der Waals surface area contributed by atoms with Gasteiger partial charge in [-0.25, -0.2) is 4.57 Å². The van der Waals surface area contributed by atoms with Crippen molar-refractivity contribution in [3.8, 4) is 0 Å². The molecule has 0 heterocycles. The summed E-state index contributed by atoms with van der Waals surface area (Å²) in [4.78, 5) is 34.9. The van der Waals surface area contributed by atoms with Crippen molar-refractivity contribution in [2.75, 3.05) is 26.4 Å². The van der Waals surface area contributed by atoms with Crippen molar-refractivity contribution < 1.29 is 47.8 Å². The smallest absolute Gasteiger partial charge is 0.462 e. The highest BCUT2D eigenvalue weighted by atomic mass is 31.2. The highest BCUT2D eigenvalue weighted by molar-refractivity contribution is 7.47. The third-order valence-electron chi connectivity index (χ3n) is 7.81. The van der Waals surface area contributed by atoms with Crippen molar-refractivity contribution in [2.24, 2.45) is 0 Å². The number of hydrogen-bond donors (Lipinski definition) is 3. The minimum Gasteiger partial charge on any atom is -0.462 e. The minimum atomic E-state index is -4.66. The number of phosphoric ester groups is 1. The maximum Gasteiger partial charge on any atom is 0.472 e. The Morgan fingerprint density at radius 2 is 0.881 bits per heavy atom. The van der Waals surface area contributed by atoms with Crippen LogP contribution in [0, 0.1) is 0 Å². The number of esters is 2. The number of carbonyl (C=O) groups is 2. The number of rotatable bonds is 37. The molecule has 0 rings (SSSR count). The van der Waals surface area contributed by atoms with Gasteiger partial charge in [-0.2, -0.15) is 0 Å². The topological polar surface area (TPSA) is 149 Å². The highest BCUT2D eigenvalue weighted by Crippen LogP contribution is 2.43. The van der Waals surface area contributed by atoms with Crippen LogP contribution in [0.5, 0.6) is 0 Å². The Labute approximate surface area is 355 Å². The van der Waals surface area contributed by atoms with Crippen molar-refractivity contribution >= 4 is 19.8 Å². The van der Waals surface area contributed by atoms with Crippen molar-refractivity contribution in [1.29, 1.82) is 0 Å². The summed E-state index contributed by atoms with van der Waals surface area (Å²) in [5.74, 6) is -1.11. The number of aliphatic hydroxyl groups excluding tert-OH is 2. The van der Waals surface area contributed by atoms with Crippen LogP contribution in [0.15, 0.2) is 134 Å². The molecule has 10 nitrogen and oxygen atoms in total. The van der Waals surface area contributed by atoms with Gasteiger partial charge in [0.1, 0.15) is 12.7 Å². The van der Waals surface area contributed by atoms with E-state index < -0.39 is 51.8 Å². The van der Waals surface area contributed by atoms with Crippen LogP contribution in [0.4, 0.5) is 0 Å². The van der Waals surface area contributed by atoms with Crippen molar-refractivity contribution in [3.05, 3.63) is 134 Å². The van der Waals surface area contributed by atoms with E-state index in [2.05, 4.69) is 122 Å². The molecule has 0 bridgehead atoms. The van der Waals surface area contributed by atoms with Crippen LogP contribution in [0.25, 0.3) is 0 Å². The molecular weight excluding hydrogens is 767 g/mol. The number of ether oxygens (including phenoxy) is 2. The zero-order valence-electron chi connectivity index (χ0n) is 35.6. The Morgan fingerprint density at radius 3 is 1.29 bits per heavy atom. The predicted octanol–water partition coefficient (Wildman–Crippen LogP) is 11.3. The van der Waals surface area contributed by atoms with E-state index in [0.29, 0.717) is 25.7 Å². The van der Waals surface area contributed by atoms with E-state index in [1.54, 1.807) is 0 Å². The minimum absolute atomic E-state index is 0.0375. The van der Waals surface area contributed by atoms with Crippen molar-refractivity contribution in [2.45, 2.75) is 129 Å². The van der Waals surface area contributed by atoms with Crippen LogP contribution in [-0.4, -0.2) is 65.7 Å². The van der Waals surface area contributed by atoms with Crippen LogP contribution < -0.4 is 0 Å². The van der Waals surface area contributed by atoms with Gasteiger partial charge in [0.25, 0.3) is 0 Å². The largest absolute Gasteiger partial charge is 0.472 e. The van der Waals surface area contributed by atoms with Crippen molar-refractivity contribution in [3.63, 3.8) is 0 Å². The van der Waals surface area contributed by atoms with E-state index in [9.17, 15) is 24.2 Å². The lowest BCUT2D eigenvalue weighted by Gasteiger charge is -2.20. The third-order valence-corrected chi connectivity index (χ3v) is 8.76. The highest BCUT2D eigenvalue weighted by Gasteiger charge is 2.27. The second kappa shape index (κ2) is 42.2. The van der Waals surface area contributed by atoms with Gasteiger partial charge in [-0.05, 0) is 89.9 Å². The summed E-state index contributed by atoms with van der Waals surface area (Å²) in [7, 11) is -4.66. The lowest BCUT2D eigenvalue weighted by molar-refractivity contribution is -0.161. The van der Waals surface area contributed by atoms with Gasteiger partial charge in [0.2, 0.25) is 0 Å². The first-order valence-corrected chi connectivity index (χ1v) is 22.6. The molecule has 1 unspecified atom stereocenters. The Hall–Kier alpha value is -3.89. The maximum absolute atomic E-state index is 12.6. The Kier molecular flexibility index (Phi) is 39.5. The SMILES string of the molecule is CC/C=C/C/C=C/C/C=C/C/C=C/C/C=C/C/C=C/CCC(=O)O[C@H](COC(=O)CCC/C=C/C/C=C/C/C=C/C/C=C/C/C=C/CC)COP(=O)(O)OC[C@@H](O)CO. The molecule has 3 N–H and O–H groups in total. The molecule has 0 aromatic rings. The number of carbonyl (C=O) groups excluding carboxylic acids is 2. The third kappa shape index (κ3) is 42.1. The number of hydrogen-bond acceptors (Lipinski definition) is 9. The molecule has 0 fully saturated rings. The molecule has 11 heteroatoms. The van der Waals surface area contributed by atoms with Gasteiger partial charge in [0, 0.05) is 12.8 Å². The summed E-state index contributed by atoms with van der Waals surface area (Å²) in [6, 6.07) is 0. The summed E-state index contributed by atoms with van der Waals surface area (Å²) < 4.78 is 32.5. The van der Waals surface area contributed by atoms with E-state index >= 15 is 0 Å². The van der Waals surface area contributed by atoms with E-state index in [1.165, 1.54) is 0 Å². The Morgan fingerprint density at radius 1 is 0.508 bits per heavy atom. The Bertz CT molecular complexity index is 1430. The first-order chi connectivity index (χ1) is 28.7. The van der Waals surface area contributed by atoms with Gasteiger partial charge in [0.15, 0.2) is 6.10 Å². The summed E-state index contributed by atoms with van der Waals surface area (Å²) in [5.41, 5.74) is 0. The lowest BCUT2D eigenvalue weighted by atomic mass is 10.2. The van der Waals surface area contributed by atoms with E-state index in [1.807, 2.05) is 30.4 Å². The van der Waals surface area contributed by atoms with Gasteiger partial charge < -0.3 is 24.6 Å². The number of unbranched alkanes of at least 4 members (excludes halogenated alkanes) is 1. The fourth-order valence-corrected chi connectivity index (χ4v) is 5.43. The Balaban J connectivity index is 4.57. The molecule has 0 spiro atoms. The molecular formula is C48H73O10P. The summed E-state index contributed by atoms with van der Waals surface area (Å²) in [5, 5.41) is 18.3. The van der Waals surface area contributed by atoms with Crippen LogP contribution in [0.2, 0.25) is 0 Å². The van der Waals surface area contributed by atoms with Crippen LogP contribution in [0.1, 0.15) is 117 Å². The molecule has 59 heavy (non-hydrogen) atoms. The van der Waals surface area contributed by atoms with E-state index in [0.717, 1.165) is 64.2 Å². The monoisotopic (exact) mass is 840 g/mol. The second-order valence-corrected chi connectivity index (χ2v) is 14.7. The molecule has 0 saturated carbocycles. The zero-order chi connectivity index (χ0) is 43.3. The predicted molar refractivity (Wildman–Crippen MR) is 241 cm³/mol. The molecule has 0 aliphatic rings. The average Bonchev–Trinajstić information content (AvgIpc) is 3.22.